The molecule has 2 heterocycles. The van der Waals surface area contributed by atoms with Crippen LogP contribution in [0.1, 0.15) is 20.8 Å². The SMILES string of the molecule is Cc1ccc(C(=O)N2CCN(Cc3cccs3)CC2)c(O)c1. The monoisotopic (exact) mass is 316 g/mol. The van der Waals surface area contributed by atoms with Crippen molar-refractivity contribution in [1.82, 2.24) is 9.80 Å². The van der Waals surface area contributed by atoms with E-state index in [4.69, 9.17) is 0 Å². The van der Waals surface area contributed by atoms with E-state index in [0.29, 0.717) is 18.7 Å². The second kappa shape index (κ2) is 6.50. The summed E-state index contributed by atoms with van der Waals surface area (Å²) in [6.45, 7) is 6.01. The Hall–Kier alpha value is -1.85. The highest BCUT2D eigenvalue weighted by atomic mass is 32.1. The van der Waals surface area contributed by atoms with Crippen LogP contribution < -0.4 is 0 Å². The smallest absolute Gasteiger partial charge is 0.257 e. The Morgan fingerprint density at radius 2 is 2.00 bits per heavy atom. The van der Waals surface area contributed by atoms with Crippen LogP contribution in [0.25, 0.3) is 0 Å². The van der Waals surface area contributed by atoms with E-state index in [9.17, 15) is 9.90 Å². The van der Waals surface area contributed by atoms with Crippen LogP contribution in [0.4, 0.5) is 0 Å². The molecule has 1 aromatic carbocycles. The number of carbonyl (C=O) groups excluding carboxylic acids is 1. The quantitative estimate of drug-likeness (QED) is 0.947. The number of piperazine rings is 1. The van der Waals surface area contributed by atoms with Crippen molar-refractivity contribution >= 4 is 17.2 Å². The largest absolute Gasteiger partial charge is 0.507 e. The van der Waals surface area contributed by atoms with E-state index in [1.165, 1.54) is 4.88 Å². The molecule has 1 aromatic heterocycles. The summed E-state index contributed by atoms with van der Waals surface area (Å²) in [7, 11) is 0. The molecule has 5 heteroatoms. The second-order valence-electron chi connectivity index (χ2n) is 5.67. The van der Waals surface area contributed by atoms with Gasteiger partial charge in [-0.1, -0.05) is 12.1 Å². The second-order valence-corrected chi connectivity index (χ2v) is 6.70. The molecule has 1 aliphatic heterocycles. The van der Waals surface area contributed by atoms with E-state index >= 15 is 0 Å². The minimum Gasteiger partial charge on any atom is -0.507 e. The molecule has 4 nitrogen and oxygen atoms in total. The Balaban J connectivity index is 1.60. The summed E-state index contributed by atoms with van der Waals surface area (Å²) in [5.41, 5.74) is 1.35. The number of rotatable bonds is 3. The summed E-state index contributed by atoms with van der Waals surface area (Å²) in [6, 6.07) is 9.43. The fourth-order valence-electron chi connectivity index (χ4n) is 2.72. The molecule has 0 unspecified atom stereocenters. The van der Waals surface area contributed by atoms with Crippen molar-refractivity contribution in [2.45, 2.75) is 13.5 Å². The topological polar surface area (TPSA) is 43.8 Å². The summed E-state index contributed by atoms with van der Waals surface area (Å²) < 4.78 is 0. The van der Waals surface area contributed by atoms with Gasteiger partial charge in [0, 0.05) is 37.6 Å². The van der Waals surface area contributed by atoms with Crippen molar-refractivity contribution in [3.8, 4) is 5.75 Å². The first-order valence-electron chi connectivity index (χ1n) is 7.47. The number of hydrogen-bond donors (Lipinski definition) is 1. The van der Waals surface area contributed by atoms with E-state index in [-0.39, 0.29) is 11.7 Å². The minimum absolute atomic E-state index is 0.0750. The molecule has 1 aliphatic rings. The molecule has 22 heavy (non-hydrogen) atoms. The number of phenols is 1. The molecule has 2 aromatic rings. The molecule has 0 saturated carbocycles. The minimum atomic E-state index is -0.0757. The van der Waals surface area contributed by atoms with Gasteiger partial charge >= 0.3 is 0 Å². The molecule has 116 valence electrons. The van der Waals surface area contributed by atoms with Crippen molar-refractivity contribution < 1.29 is 9.90 Å². The number of benzene rings is 1. The van der Waals surface area contributed by atoms with Crippen LogP contribution in [0.15, 0.2) is 35.7 Å². The average Bonchev–Trinajstić information content (AvgIpc) is 3.00. The van der Waals surface area contributed by atoms with Gasteiger partial charge in [-0.15, -0.1) is 11.3 Å². The molecule has 1 N–H and O–H groups in total. The van der Waals surface area contributed by atoms with E-state index in [1.54, 1.807) is 23.5 Å². The predicted molar refractivity (Wildman–Crippen MR) is 88.3 cm³/mol. The van der Waals surface area contributed by atoms with Gasteiger partial charge in [0.2, 0.25) is 0 Å². The van der Waals surface area contributed by atoms with Gasteiger partial charge in [0.1, 0.15) is 5.75 Å². The lowest BCUT2D eigenvalue weighted by atomic mass is 10.1. The summed E-state index contributed by atoms with van der Waals surface area (Å²) in [4.78, 5) is 18.1. The molecular formula is C17H20N2O2S. The van der Waals surface area contributed by atoms with Crippen molar-refractivity contribution in [3.05, 3.63) is 51.7 Å². The zero-order valence-electron chi connectivity index (χ0n) is 12.7. The van der Waals surface area contributed by atoms with Gasteiger partial charge in [-0.3, -0.25) is 9.69 Å². The molecule has 1 saturated heterocycles. The third-order valence-electron chi connectivity index (χ3n) is 4.00. The first-order valence-corrected chi connectivity index (χ1v) is 8.35. The Morgan fingerprint density at radius 3 is 2.64 bits per heavy atom. The number of hydrogen-bond acceptors (Lipinski definition) is 4. The highest BCUT2D eigenvalue weighted by Gasteiger charge is 2.23. The number of nitrogens with zero attached hydrogens (tertiary/aromatic N) is 2. The van der Waals surface area contributed by atoms with Gasteiger partial charge in [0.15, 0.2) is 0 Å². The van der Waals surface area contributed by atoms with Crippen molar-refractivity contribution in [3.63, 3.8) is 0 Å². The van der Waals surface area contributed by atoms with Crippen LogP contribution in [-0.4, -0.2) is 47.0 Å². The molecule has 0 bridgehead atoms. The highest BCUT2D eigenvalue weighted by Crippen LogP contribution is 2.21. The number of aromatic hydroxyl groups is 1. The fourth-order valence-corrected chi connectivity index (χ4v) is 3.47. The number of amides is 1. The molecule has 0 atom stereocenters. The van der Waals surface area contributed by atoms with Crippen molar-refractivity contribution in [1.29, 1.82) is 0 Å². The molecular weight excluding hydrogens is 296 g/mol. The maximum atomic E-state index is 12.5. The first kappa shape index (κ1) is 15.1. The normalized spacial score (nSPS) is 16.0. The molecule has 0 radical (unpaired) electrons. The molecule has 1 fully saturated rings. The zero-order valence-corrected chi connectivity index (χ0v) is 13.5. The number of aryl methyl sites for hydroxylation is 1. The van der Waals surface area contributed by atoms with Crippen LogP contribution >= 0.6 is 11.3 Å². The first-order chi connectivity index (χ1) is 10.6. The summed E-state index contributed by atoms with van der Waals surface area (Å²) in [5, 5.41) is 12.1. The molecule has 3 rings (SSSR count). The predicted octanol–water partition coefficient (Wildman–Crippen LogP) is 2.72. The van der Waals surface area contributed by atoms with Gasteiger partial charge in [0.05, 0.1) is 5.56 Å². The molecule has 0 aliphatic carbocycles. The zero-order chi connectivity index (χ0) is 15.5. The maximum absolute atomic E-state index is 12.5. The van der Waals surface area contributed by atoms with Crippen LogP contribution in [-0.2, 0) is 6.54 Å². The summed E-state index contributed by atoms with van der Waals surface area (Å²) in [5.74, 6) is -0.000659. The van der Waals surface area contributed by atoms with Gasteiger partial charge in [-0.2, -0.15) is 0 Å². The Labute approximate surface area is 134 Å². The van der Waals surface area contributed by atoms with Crippen LogP contribution in [0, 0.1) is 6.92 Å². The lowest BCUT2D eigenvalue weighted by molar-refractivity contribution is 0.0627. The number of carbonyl (C=O) groups is 1. The van der Waals surface area contributed by atoms with Crippen LogP contribution in [0.3, 0.4) is 0 Å². The Kier molecular flexibility index (Phi) is 4.45. The standard InChI is InChI=1S/C17H20N2O2S/c1-13-4-5-15(16(20)11-13)17(21)19-8-6-18(7-9-19)12-14-3-2-10-22-14/h2-5,10-11,20H,6-9,12H2,1H3. The van der Waals surface area contributed by atoms with Crippen molar-refractivity contribution in [2.75, 3.05) is 26.2 Å². The molecule has 0 spiro atoms. The third-order valence-corrected chi connectivity index (χ3v) is 4.86. The van der Waals surface area contributed by atoms with Gasteiger partial charge in [0.25, 0.3) is 5.91 Å². The van der Waals surface area contributed by atoms with E-state index in [1.807, 2.05) is 17.9 Å². The average molecular weight is 316 g/mol. The van der Waals surface area contributed by atoms with E-state index < -0.39 is 0 Å². The van der Waals surface area contributed by atoms with Crippen LogP contribution in [0.5, 0.6) is 5.75 Å². The van der Waals surface area contributed by atoms with E-state index in [2.05, 4.69) is 22.4 Å². The van der Waals surface area contributed by atoms with Gasteiger partial charge in [-0.05, 0) is 36.1 Å². The lowest BCUT2D eigenvalue weighted by Gasteiger charge is -2.34. The third kappa shape index (κ3) is 3.31. The van der Waals surface area contributed by atoms with E-state index in [0.717, 1.165) is 25.2 Å². The van der Waals surface area contributed by atoms with Crippen LogP contribution in [0.2, 0.25) is 0 Å². The fraction of sp³-hybridized carbons (Fsp3) is 0.353. The molecule has 1 amide bonds. The summed E-state index contributed by atoms with van der Waals surface area (Å²) >= 11 is 1.77. The van der Waals surface area contributed by atoms with Gasteiger partial charge < -0.3 is 10.0 Å². The Bertz CT molecular complexity index is 647. The maximum Gasteiger partial charge on any atom is 0.257 e. The lowest BCUT2D eigenvalue weighted by Crippen LogP contribution is -2.48. The number of thiophene rings is 1. The summed E-state index contributed by atoms with van der Waals surface area (Å²) in [6.07, 6.45) is 0. The van der Waals surface area contributed by atoms with Gasteiger partial charge in [-0.25, -0.2) is 0 Å². The Morgan fingerprint density at radius 1 is 1.23 bits per heavy atom. The highest BCUT2D eigenvalue weighted by molar-refractivity contribution is 7.09. The van der Waals surface area contributed by atoms with Crippen molar-refractivity contribution in [2.24, 2.45) is 0 Å². The number of phenolic OH excluding ortho intramolecular Hbond substituents is 1.